The SMILES string of the molecule is CC1c2ccccc2-c2n(cc[n+]2C)[C@@]1(C)CN=C/C=C\Nc1ccccc1F. The third-order valence-corrected chi connectivity index (χ3v) is 5.96. The maximum absolute atomic E-state index is 13.6. The highest BCUT2D eigenvalue weighted by atomic mass is 19.1. The summed E-state index contributed by atoms with van der Waals surface area (Å²) in [5.41, 5.74) is 2.91. The Morgan fingerprint density at radius 1 is 1.21 bits per heavy atom. The summed E-state index contributed by atoms with van der Waals surface area (Å²) < 4.78 is 18.1. The number of imidazole rings is 1. The minimum atomic E-state index is -0.274. The summed E-state index contributed by atoms with van der Waals surface area (Å²) in [7, 11) is 2.08. The molecule has 1 aliphatic heterocycles. The number of para-hydroxylation sites is 1. The fourth-order valence-corrected chi connectivity index (χ4v) is 4.10. The average Bonchev–Trinajstić information content (AvgIpc) is 3.13. The molecule has 5 heteroatoms. The molecule has 1 unspecified atom stereocenters. The zero-order chi connectivity index (χ0) is 20.4. The molecule has 148 valence electrons. The molecule has 0 saturated heterocycles. The van der Waals surface area contributed by atoms with Crippen molar-refractivity contribution in [3.63, 3.8) is 0 Å². The van der Waals surface area contributed by atoms with Crippen LogP contribution in [0.3, 0.4) is 0 Å². The lowest BCUT2D eigenvalue weighted by Crippen LogP contribution is -2.44. The summed E-state index contributed by atoms with van der Waals surface area (Å²) in [6, 6.07) is 15.2. The predicted molar refractivity (Wildman–Crippen MR) is 116 cm³/mol. The van der Waals surface area contributed by atoms with Gasteiger partial charge in [-0.15, -0.1) is 0 Å². The molecule has 0 spiro atoms. The Morgan fingerprint density at radius 3 is 2.79 bits per heavy atom. The Morgan fingerprint density at radius 2 is 1.97 bits per heavy atom. The molecule has 29 heavy (non-hydrogen) atoms. The van der Waals surface area contributed by atoms with Crippen LogP contribution >= 0.6 is 0 Å². The number of allylic oxidation sites excluding steroid dienone is 1. The van der Waals surface area contributed by atoms with Gasteiger partial charge in [0.05, 0.1) is 24.8 Å². The van der Waals surface area contributed by atoms with E-state index in [4.69, 9.17) is 0 Å². The molecule has 0 radical (unpaired) electrons. The molecule has 2 aromatic carbocycles. The molecule has 3 aromatic rings. The number of aryl methyl sites for hydroxylation is 1. The number of benzene rings is 2. The maximum Gasteiger partial charge on any atom is 0.289 e. The minimum absolute atomic E-state index is 0.172. The lowest BCUT2D eigenvalue weighted by Gasteiger charge is -2.37. The smallest absolute Gasteiger partial charge is 0.289 e. The van der Waals surface area contributed by atoms with Gasteiger partial charge in [-0.25, -0.2) is 13.5 Å². The van der Waals surface area contributed by atoms with Gasteiger partial charge in [0, 0.05) is 18.3 Å². The highest BCUT2D eigenvalue weighted by molar-refractivity contribution is 5.72. The van der Waals surface area contributed by atoms with Crippen LogP contribution in [-0.4, -0.2) is 17.3 Å². The van der Waals surface area contributed by atoms with E-state index in [1.54, 1.807) is 36.7 Å². The summed E-state index contributed by atoms with van der Waals surface area (Å²) in [5.74, 6) is 1.24. The molecule has 0 aliphatic carbocycles. The van der Waals surface area contributed by atoms with Crippen molar-refractivity contribution < 1.29 is 8.96 Å². The molecule has 0 bridgehead atoms. The second-order valence-corrected chi connectivity index (χ2v) is 7.74. The number of anilines is 1. The minimum Gasteiger partial charge on any atom is -0.359 e. The van der Waals surface area contributed by atoms with E-state index in [2.05, 4.69) is 77.0 Å². The van der Waals surface area contributed by atoms with Gasteiger partial charge in [0.1, 0.15) is 23.7 Å². The van der Waals surface area contributed by atoms with Crippen molar-refractivity contribution in [2.45, 2.75) is 25.3 Å². The number of hydrogen-bond acceptors (Lipinski definition) is 2. The molecule has 2 atom stereocenters. The Bertz CT molecular complexity index is 1080. The topological polar surface area (TPSA) is 33.2 Å². The van der Waals surface area contributed by atoms with Gasteiger partial charge in [0.15, 0.2) is 0 Å². The molecule has 1 aromatic heterocycles. The predicted octanol–water partition coefficient (Wildman–Crippen LogP) is 4.65. The first-order valence-electron chi connectivity index (χ1n) is 9.85. The Balaban J connectivity index is 1.53. The standard InChI is InChI=1S/C24H26FN4/c1-18-19-9-4-5-10-20(19)23-28(3)15-16-29(23)24(18,2)17-26-13-8-14-27-22-12-7-6-11-21(22)25/h4-16,18,27H,17H2,1-3H3/q+1/b14-8-,26-13?/t18?,24-/m0/s1. The Kier molecular flexibility index (Phi) is 5.05. The van der Waals surface area contributed by atoms with Gasteiger partial charge in [-0.1, -0.05) is 37.3 Å². The number of aromatic nitrogens is 2. The van der Waals surface area contributed by atoms with Crippen LogP contribution in [-0.2, 0) is 12.6 Å². The summed E-state index contributed by atoms with van der Waals surface area (Å²) in [6.45, 7) is 5.18. The summed E-state index contributed by atoms with van der Waals surface area (Å²) in [6.07, 6.45) is 9.52. The summed E-state index contributed by atoms with van der Waals surface area (Å²) in [4.78, 5) is 4.68. The van der Waals surface area contributed by atoms with Gasteiger partial charge in [0.2, 0.25) is 0 Å². The largest absolute Gasteiger partial charge is 0.359 e. The molecular weight excluding hydrogens is 363 g/mol. The highest BCUT2D eigenvalue weighted by Crippen LogP contribution is 2.44. The second-order valence-electron chi connectivity index (χ2n) is 7.74. The van der Waals surface area contributed by atoms with E-state index in [0.29, 0.717) is 18.2 Å². The number of nitrogens with zero attached hydrogens (tertiary/aromatic N) is 3. The van der Waals surface area contributed by atoms with Crippen molar-refractivity contribution in [1.82, 2.24) is 4.57 Å². The van der Waals surface area contributed by atoms with Crippen LogP contribution in [0.4, 0.5) is 10.1 Å². The van der Waals surface area contributed by atoms with E-state index in [0.717, 1.165) is 0 Å². The molecule has 1 N–H and O–H groups in total. The van der Waals surface area contributed by atoms with Crippen LogP contribution in [0.2, 0.25) is 0 Å². The Labute approximate surface area is 171 Å². The van der Waals surface area contributed by atoms with E-state index in [-0.39, 0.29) is 11.4 Å². The Hall–Kier alpha value is -3.21. The summed E-state index contributed by atoms with van der Waals surface area (Å²) >= 11 is 0. The number of nitrogens with one attached hydrogen (secondary N) is 1. The van der Waals surface area contributed by atoms with E-state index in [1.165, 1.54) is 23.0 Å². The average molecular weight is 389 g/mol. The van der Waals surface area contributed by atoms with Gasteiger partial charge in [-0.3, -0.25) is 4.99 Å². The van der Waals surface area contributed by atoms with Crippen molar-refractivity contribution in [1.29, 1.82) is 0 Å². The van der Waals surface area contributed by atoms with Gasteiger partial charge in [0.25, 0.3) is 5.82 Å². The molecule has 0 saturated carbocycles. The fraction of sp³-hybridized carbons (Fsp3) is 0.250. The zero-order valence-corrected chi connectivity index (χ0v) is 17.0. The van der Waals surface area contributed by atoms with Gasteiger partial charge in [-0.05, 0) is 36.8 Å². The van der Waals surface area contributed by atoms with Crippen LogP contribution in [0.25, 0.3) is 11.4 Å². The molecule has 0 amide bonds. The number of aliphatic imine (C=N–C) groups is 1. The van der Waals surface area contributed by atoms with Crippen LogP contribution in [0.5, 0.6) is 0 Å². The molecule has 1 aliphatic rings. The van der Waals surface area contributed by atoms with E-state index >= 15 is 0 Å². The van der Waals surface area contributed by atoms with Crippen molar-refractivity contribution in [2.24, 2.45) is 12.0 Å². The highest BCUT2D eigenvalue weighted by Gasteiger charge is 2.46. The quantitative estimate of drug-likeness (QED) is 0.500. The first-order chi connectivity index (χ1) is 14.0. The first kappa shape index (κ1) is 19.1. The normalized spacial score (nSPS) is 20.8. The van der Waals surface area contributed by atoms with E-state index < -0.39 is 0 Å². The fourth-order valence-electron chi connectivity index (χ4n) is 4.10. The number of rotatable bonds is 5. The van der Waals surface area contributed by atoms with Crippen LogP contribution < -0.4 is 9.88 Å². The number of fused-ring (bicyclic) bond motifs is 3. The number of hydrogen-bond donors (Lipinski definition) is 1. The number of halogens is 1. The lowest BCUT2D eigenvalue weighted by atomic mass is 9.76. The van der Waals surface area contributed by atoms with Gasteiger partial charge >= 0.3 is 0 Å². The third-order valence-electron chi connectivity index (χ3n) is 5.96. The van der Waals surface area contributed by atoms with Crippen molar-refractivity contribution in [3.05, 3.63) is 84.6 Å². The molecule has 4 rings (SSSR count). The van der Waals surface area contributed by atoms with Gasteiger partial charge in [-0.2, -0.15) is 0 Å². The first-order valence-corrected chi connectivity index (χ1v) is 9.85. The molecule has 4 nitrogen and oxygen atoms in total. The second kappa shape index (κ2) is 7.66. The van der Waals surface area contributed by atoms with Crippen LogP contribution in [0, 0.1) is 5.82 Å². The molecule has 0 fully saturated rings. The van der Waals surface area contributed by atoms with Gasteiger partial charge < -0.3 is 5.32 Å². The van der Waals surface area contributed by atoms with Crippen molar-refractivity contribution in [3.8, 4) is 11.4 Å². The zero-order valence-electron chi connectivity index (χ0n) is 17.0. The van der Waals surface area contributed by atoms with Crippen molar-refractivity contribution in [2.75, 3.05) is 11.9 Å². The van der Waals surface area contributed by atoms with E-state index in [9.17, 15) is 4.39 Å². The monoisotopic (exact) mass is 389 g/mol. The van der Waals surface area contributed by atoms with Crippen LogP contribution in [0.1, 0.15) is 25.3 Å². The van der Waals surface area contributed by atoms with Crippen molar-refractivity contribution >= 4 is 11.9 Å². The lowest BCUT2D eigenvalue weighted by molar-refractivity contribution is -0.660. The third kappa shape index (κ3) is 3.37. The van der Waals surface area contributed by atoms with Crippen LogP contribution in [0.15, 0.2) is 78.2 Å². The molecule has 2 heterocycles. The summed E-state index contributed by atoms with van der Waals surface area (Å²) in [5, 5.41) is 2.95. The molecular formula is C24H26FN4+. The maximum atomic E-state index is 13.6. The van der Waals surface area contributed by atoms with E-state index in [1.807, 2.05) is 0 Å².